The van der Waals surface area contributed by atoms with Crippen LogP contribution in [0.25, 0.3) is 22.2 Å². The molecule has 3 aromatic heterocycles. The largest absolute Gasteiger partial charge is 0.361 e. The SMILES string of the molecule is CCN(CC)CC(=O)N1CCN(c2nc(NCc3nc4cc(Cl)c(Cl)cc4[nH]3)c3ncn(CC)c3n2)CC1. The summed E-state index contributed by atoms with van der Waals surface area (Å²) in [6, 6.07) is 3.52. The summed E-state index contributed by atoms with van der Waals surface area (Å²) in [5.41, 5.74) is 3.02. The Balaban J connectivity index is 1.34. The number of piperazine rings is 1. The lowest BCUT2D eigenvalue weighted by atomic mass is 10.3. The molecule has 0 aliphatic carbocycles. The molecule has 0 atom stereocenters. The van der Waals surface area contributed by atoms with Gasteiger partial charge in [0.2, 0.25) is 11.9 Å². The van der Waals surface area contributed by atoms with E-state index < -0.39 is 0 Å². The Morgan fingerprint density at radius 2 is 1.79 bits per heavy atom. The van der Waals surface area contributed by atoms with Crippen LogP contribution in [0, 0.1) is 0 Å². The summed E-state index contributed by atoms with van der Waals surface area (Å²) in [5.74, 6) is 2.15. The van der Waals surface area contributed by atoms with Gasteiger partial charge >= 0.3 is 0 Å². The topological polar surface area (TPSA) is 111 Å². The van der Waals surface area contributed by atoms with Crippen molar-refractivity contribution in [1.82, 2.24) is 39.3 Å². The molecule has 0 bridgehead atoms. The zero-order valence-electron chi connectivity index (χ0n) is 21.8. The van der Waals surface area contributed by atoms with Gasteiger partial charge in [0.15, 0.2) is 17.0 Å². The number of hydrogen-bond donors (Lipinski definition) is 2. The maximum atomic E-state index is 12.8. The minimum Gasteiger partial charge on any atom is -0.361 e. The number of H-pyrrole nitrogens is 1. The van der Waals surface area contributed by atoms with Gasteiger partial charge < -0.3 is 24.7 Å². The summed E-state index contributed by atoms with van der Waals surface area (Å²) in [7, 11) is 0. The van der Waals surface area contributed by atoms with Crippen LogP contribution in [0.5, 0.6) is 0 Å². The highest BCUT2D eigenvalue weighted by Crippen LogP contribution is 2.27. The molecule has 0 radical (unpaired) electrons. The first-order valence-corrected chi connectivity index (χ1v) is 13.7. The number of anilines is 2. The monoisotopic (exact) mass is 558 g/mol. The fraction of sp³-hybridized carbons (Fsp3) is 0.480. The summed E-state index contributed by atoms with van der Waals surface area (Å²) in [6.45, 7) is 12.2. The van der Waals surface area contributed by atoms with Gasteiger partial charge in [0.05, 0.1) is 40.5 Å². The maximum absolute atomic E-state index is 12.8. The lowest BCUT2D eigenvalue weighted by Gasteiger charge is -2.35. The van der Waals surface area contributed by atoms with E-state index in [-0.39, 0.29) is 5.91 Å². The maximum Gasteiger partial charge on any atom is 0.236 e. The second-order valence-corrected chi connectivity index (χ2v) is 10.0. The molecule has 13 heteroatoms. The van der Waals surface area contributed by atoms with Crippen molar-refractivity contribution in [3.63, 3.8) is 0 Å². The number of imidazole rings is 2. The second-order valence-electron chi connectivity index (χ2n) is 9.22. The number of aromatic amines is 1. The Hall–Kier alpha value is -3.15. The molecule has 0 unspecified atom stereocenters. The third kappa shape index (κ3) is 5.36. The summed E-state index contributed by atoms with van der Waals surface area (Å²) in [6.07, 6.45) is 1.78. The van der Waals surface area contributed by atoms with E-state index in [1.165, 1.54) is 0 Å². The summed E-state index contributed by atoms with van der Waals surface area (Å²) < 4.78 is 2.00. The number of amides is 1. The standard InChI is InChI=1S/C25H32Cl2N10O/c1-4-34(5-2)14-21(38)36-7-9-37(10-8-36)25-32-23(22-24(33-25)35(6-3)15-29-22)28-13-20-30-18-11-16(26)17(27)12-19(18)31-20/h11-12,15H,4-10,13-14H2,1-3H3,(H,30,31)(H,28,32,33). The number of nitrogens with one attached hydrogen (secondary N) is 2. The Morgan fingerprint density at radius 3 is 2.50 bits per heavy atom. The van der Waals surface area contributed by atoms with Crippen molar-refractivity contribution in [2.24, 2.45) is 0 Å². The van der Waals surface area contributed by atoms with Crippen molar-refractivity contribution >= 4 is 63.1 Å². The normalized spacial score (nSPS) is 14.3. The molecule has 1 aliphatic heterocycles. The number of carbonyl (C=O) groups is 1. The van der Waals surface area contributed by atoms with Gasteiger partial charge in [-0.3, -0.25) is 9.69 Å². The first kappa shape index (κ1) is 26.5. The average molecular weight is 560 g/mol. The number of fused-ring (bicyclic) bond motifs is 2. The molecule has 4 heterocycles. The van der Waals surface area contributed by atoms with Crippen LogP contribution in [0.1, 0.15) is 26.6 Å². The Kier molecular flexibility index (Phi) is 7.87. The number of hydrogen-bond acceptors (Lipinski definition) is 8. The van der Waals surface area contributed by atoms with Gasteiger partial charge in [-0.2, -0.15) is 9.97 Å². The molecular weight excluding hydrogens is 527 g/mol. The second kappa shape index (κ2) is 11.3. The summed E-state index contributed by atoms with van der Waals surface area (Å²) >= 11 is 12.3. The number of aromatic nitrogens is 6. The first-order valence-electron chi connectivity index (χ1n) is 13.0. The molecule has 1 saturated heterocycles. The molecule has 11 nitrogen and oxygen atoms in total. The molecule has 38 heavy (non-hydrogen) atoms. The van der Waals surface area contributed by atoms with Crippen molar-refractivity contribution in [1.29, 1.82) is 0 Å². The van der Waals surface area contributed by atoms with Gasteiger partial charge in [-0.05, 0) is 32.1 Å². The third-order valence-electron chi connectivity index (χ3n) is 6.96. The number of aryl methyl sites for hydroxylation is 1. The van der Waals surface area contributed by atoms with Gasteiger partial charge in [-0.15, -0.1) is 0 Å². The number of rotatable bonds is 9. The highest BCUT2D eigenvalue weighted by molar-refractivity contribution is 6.42. The first-order chi connectivity index (χ1) is 18.4. The van der Waals surface area contributed by atoms with Crippen LogP contribution in [-0.4, -0.2) is 91.0 Å². The van der Waals surface area contributed by atoms with Crippen LogP contribution < -0.4 is 10.2 Å². The van der Waals surface area contributed by atoms with Gasteiger partial charge in [-0.1, -0.05) is 37.0 Å². The average Bonchev–Trinajstić information content (AvgIpc) is 3.53. The molecule has 1 aromatic carbocycles. The molecule has 0 spiro atoms. The number of nitrogens with zero attached hydrogens (tertiary/aromatic N) is 8. The quantitative estimate of drug-likeness (QED) is 0.320. The molecule has 202 valence electrons. The van der Waals surface area contributed by atoms with Gasteiger partial charge in [0.1, 0.15) is 5.82 Å². The number of halogens is 2. The molecule has 1 amide bonds. The molecule has 1 aliphatic rings. The van der Waals surface area contributed by atoms with E-state index in [0.717, 1.165) is 42.1 Å². The van der Waals surface area contributed by atoms with E-state index in [1.54, 1.807) is 18.5 Å². The van der Waals surface area contributed by atoms with Crippen molar-refractivity contribution in [2.45, 2.75) is 33.9 Å². The Morgan fingerprint density at radius 1 is 1.05 bits per heavy atom. The van der Waals surface area contributed by atoms with E-state index in [0.29, 0.717) is 66.6 Å². The van der Waals surface area contributed by atoms with Gasteiger partial charge in [0, 0.05) is 32.7 Å². The van der Waals surface area contributed by atoms with E-state index >= 15 is 0 Å². The fourth-order valence-corrected chi connectivity index (χ4v) is 4.95. The van der Waals surface area contributed by atoms with Crippen LogP contribution in [0.4, 0.5) is 11.8 Å². The summed E-state index contributed by atoms with van der Waals surface area (Å²) in [4.78, 5) is 41.1. The fourth-order valence-electron chi connectivity index (χ4n) is 4.63. The van der Waals surface area contributed by atoms with Gasteiger partial charge in [-0.25, -0.2) is 9.97 Å². The molecule has 1 fully saturated rings. The molecule has 5 rings (SSSR count). The van der Waals surface area contributed by atoms with E-state index in [1.807, 2.05) is 9.47 Å². The van der Waals surface area contributed by atoms with Crippen LogP contribution in [0.2, 0.25) is 10.0 Å². The smallest absolute Gasteiger partial charge is 0.236 e. The Labute approximate surface area is 231 Å². The lowest BCUT2D eigenvalue weighted by Crippen LogP contribution is -2.51. The van der Waals surface area contributed by atoms with Crippen LogP contribution in [0.15, 0.2) is 18.5 Å². The zero-order valence-corrected chi connectivity index (χ0v) is 23.3. The molecular formula is C25H32Cl2N10O. The van der Waals surface area contributed by atoms with E-state index in [4.69, 9.17) is 33.2 Å². The van der Waals surface area contributed by atoms with Gasteiger partial charge in [0.25, 0.3) is 0 Å². The highest BCUT2D eigenvalue weighted by Gasteiger charge is 2.25. The molecule has 4 aromatic rings. The predicted octanol–water partition coefficient (Wildman–Crippen LogP) is 3.63. The minimum absolute atomic E-state index is 0.171. The number of carbonyl (C=O) groups excluding carboxylic acids is 1. The molecule has 2 N–H and O–H groups in total. The van der Waals surface area contributed by atoms with Crippen molar-refractivity contribution in [2.75, 3.05) is 56.0 Å². The van der Waals surface area contributed by atoms with Crippen molar-refractivity contribution < 1.29 is 4.79 Å². The number of likely N-dealkylation sites (N-methyl/N-ethyl adjacent to an activating group) is 1. The lowest BCUT2D eigenvalue weighted by molar-refractivity contribution is -0.132. The van der Waals surface area contributed by atoms with Crippen LogP contribution >= 0.6 is 23.2 Å². The molecule has 0 saturated carbocycles. The van der Waals surface area contributed by atoms with E-state index in [9.17, 15) is 4.79 Å². The van der Waals surface area contributed by atoms with Crippen LogP contribution in [-0.2, 0) is 17.9 Å². The minimum atomic E-state index is 0.171. The highest BCUT2D eigenvalue weighted by atomic mass is 35.5. The van der Waals surface area contributed by atoms with E-state index in [2.05, 4.69) is 50.8 Å². The summed E-state index contributed by atoms with van der Waals surface area (Å²) in [5, 5.41) is 4.33. The zero-order chi connectivity index (χ0) is 26.8. The van der Waals surface area contributed by atoms with Crippen LogP contribution in [0.3, 0.4) is 0 Å². The third-order valence-corrected chi connectivity index (χ3v) is 7.68. The van der Waals surface area contributed by atoms with Crippen molar-refractivity contribution in [3.8, 4) is 0 Å². The number of benzene rings is 1. The van der Waals surface area contributed by atoms with Crippen molar-refractivity contribution in [3.05, 3.63) is 34.3 Å². The Bertz CT molecular complexity index is 1400. The predicted molar refractivity (Wildman–Crippen MR) is 151 cm³/mol.